The van der Waals surface area contributed by atoms with Crippen LogP contribution in [0.5, 0.6) is 0 Å². The lowest BCUT2D eigenvalue weighted by molar-refractivity contribution is -0.146. The number of rotatable bonds is 7. The molecule has 0 aromatic heterocycles. The molecular weight excluding hydrogens is 222 g/mol. The average molecular weight is 245 g/mol. The van der Waals surface area contributed by atoms with Gasteiger partial charge in [-0.2, -0.15) is 11.8 Å². The highest BCUT2D eigenvalue weighted by Gasteiger charge is 2.48. The highest BCUT2D eigenvalue weighted by Crippen LogP contribution is 2.38. The normalized spacial score (nSPS) is 29.5. The average Bonchev–Trinajstić information content (AvgIpc) is 2.67. The van der Waals surface area contributed by atoms with Gasteiger partial charge in [0.2, 0.25) is 0 Å². The molecule has 0 radical (unpaired) electrons. The summed E-state index contributed by atoms with van der Waals surface area (Å²) >= 11 is 1.80. The molecule has 2 N–H and O–H groups in total. The van der Waals surface area contributed by atoms with Gasteiger partial charge in [0.05, 0.1) is 0 Å². The van der Waals surface area contributed by atoms with Gasteiger partial charge in [0.25, 0.3) is 0 Å². The molecule has 0 aliphatic heterocycles. The van der Waals surface area contributed by atoms with Gasteiger partial charge in [-0.15, -0.1) is 0 Å². The van der Waals surface area contributed by atoms with E-state index >= 15 is 0 Å². The number of carbonyl (C=O) groups is 1. The molecule has 0 amide bonds. The number of nitrogens with one attached hydrogen (secondary N) is 1. The fourth-order valence-corrected chi connectivity index (χ4v) is 3.19. The lowest BCUT2D eigenvalue weighted by atomic mass is 9.85. The second-order valence-corrected chi connectivity index (χ2v) is 5.56. The third kappa shape index (κ3) is 2.92. The zero-order chi connectivity index (χ0) is 12.0. The first-order valence-corrected chi connectivity index (χ1v) is 7.54. The van der Waals surface area contributed by atoms with E-state index in [4.69, 9.17) is 0 Å². The van der Waals surface area contributed by atoms with Crippen molar-refractivity contribution in [2.24, 2.45) is 5.92 Å². The maximum absolute atomic E-state index is 11.5. The van der Waals surface area contributed by atoms with Crippen molar-refractivity contribution in [1.29, 1.82) is 0 Å². The molecule has 0 aromatic carbocycles. The number of aliphatic carboxylic acids is 1. The fourth-order valence-electron chi connectivity index (χ4n) is 2.67. The predicted molar refractivity (Wildman–Crippen MR) is 69.0 cm³/mol. The predicted octanol–water partition coefficient (Wildman–Crippen LogP) is 2.36. The van der Waals surface area contributed by atoms with Gasteiger partial charge in [-0.1, -0.05) is 13.3 Å². The SMILES string of the molecule is CCCNC1(C(=O)O)CCCC1CCSC. The summed E-state index contributed by atoms with van der Waals surface area (Å²) in [5.74, 6) is 0.724. The van der Waals surface area contributed by atoms with E-state index in [1.807, 2.05) is 0 Å². The van der Waals surface area contributed by atoms with E-state index in [0.29, 0.717) is 5.92 Å². The minimum atomic E-state index is -0.649. The summed E-state index contributed by atoms with van der Waals surface area (Å²) < 4.78 is 0. The topological polar surface area (TPSA) is 49.3 Å². The van der Waals surface area contributed by atoms with Gasteiger partial charge in [0.15, 0.2) is 0 Å². The van der Waals surface area contributed by atoms with Gasteiger partial charge < -0.3 is 10.4 Å². The van der Waals surface area contributed by atoms with E-state index < -0.39 is 11.5 Å². The molecule has 1 fully saturated rings. The summed E-state index contributed by atoms with van der Waals surface area (Å²) in [6, 6.07) is 0. The van der Waals surface area contributed by atoms with Gasteiger partial charge in [0.1, 0.15) is 5.54 Å². The van der Waals surface area contributed by atoms with Crippen molar-refractivity contribution in [2.75, 3.05) is 18.6 Å². The second kappa shape index (κ2) is 6.50. The molecule has 0 aromatic rings. The van der Waals surface area contributed by atoms with Gasteiger partial charge >= 0.3 is 5.97 Å². The number of thioether (sulfide) groups is 1. The standard InChI is InChI=1S/C12H23NO2S/c1-3-8-13-12(11(14)15)7-4-5-10(12)6-9-16-2/h10,13H,3-9H2,1-2H3,(H,14,15). The highest BCUT2D eigenvalue weighted by atomic mass is 32.2. The number of hydrogen-bond donors (Lipinski definition) is 2. The van der Waals surface area contributed by atoms with Crippen LogP contribution in [0.2, 0.25) is 0 Å². The molecule has 0 saturated heterocycles. The Balaban J connectivity index is 2.68. The van der Waals surface area contributed by atoms with Crippen molar-refractivity contribution >= 4 is 17.7 Å². The molecule has 4 heteroatoms. The molecule has 16 heavy (non-hydrogen) atoms. The first-order chi connectivity index (χ1) is 7.67. The van der Waals surface area contributed by atoms with Crippen molar-refractivity contribution < 1.29 is 9.90 Å². The second-order valence-electron chi connectivity index (χ2n) is 4.57. The quantitative estimate of drug-likeness (QED) is 0.723. The van der Waals surface area contributed by atoms with E-state index in [-0.39, 0.29) is 0 Å². The van der Waals surface area contributed by atoms with Crippen molar-refractivity contribution in [3.05, 3.63) is 0 Å². The van der Waals surface area contributed by atoms with Crippen molar-refractivity contribution in [2.45, 2.75) is 44.6 Å². The molecular formula is C12H23NO2S. The van der Waals surface area contributed by atoms with E-state index in [0.717, 1.165) is 44.4 Å². The van der Waals surface area contributed by atoms with Gasteiger partial charge in [-0.3, -0.25) is 4.79 Å². The van der Waals surface area contributed by atoms with Gasteiger partial charge in [-0.05, 0) is 50.2 Å². The molecule has 0 spiro atoms. The molecule has 2 unspecified atom stereocenters. The van der Waals surface area contributed by atoms with Crippen molar-refractivity contribution in [3.63, 3.8) is 0 Å². The van der Waals surface area contributed by atoms with E-state index in [9.17, 15) is 9.90 Å². The van der Waals surface area contributed by atoms with Crippen LogP contribution in [-0.2, 0) is 4.79 Å². The maximum atomic E-state index is 11.5. The Hall–Kier alpha value is -0.220. The van der Waals surface area contributed by atoms with Crippen LogP contribution in [-0.4, -0.2) is 35.2 Å². The van der Waals surface area contributed by atoms with Gasteiger partial charge in [0, 0.05) is 0 Å². The minimum absolute atomic E-state index is 0.309. The summed E-state index contributed by atoms with van der Waals surface area (Å²) in [7, 11) is 0. The summed E-state index contributed by atoms with van der Waals surface area (Å²) in [5.41, 5.74) is -0.633. The zero-order valence-corrected chi connectivity index (χ0v) is 11.1. The molecule has 1 aliphatic rings. The molecule has 1 rings (SSSR count). The molecule has 1 saturated carbocycles. The summed E-state index contributed by atoms with van der Waals surface area (Å²) in [5, 5.41) is 12.8. The van der Waals surface area contributed by atoms with Crippen molar-refractivity contribution in [3.8, 4) is 0 Å². The first-order valence-electron chi connectivity index (χ1n) is 6.14. The lowest BCUT2D eigenvalue weighted by Gasteiger charge is -2.32. The first kappa shape index (κ1) is 13.8. The number of hydrogen-bond acceptors (Lipinski definition) is 3. The largest absolute Gasteiger partial charge is 0.480 e. The van der Waals surface area contributed by atoms with E-state index in [1.165, 1.54) is 0 Å². The molecule has 1 aliphatic carbocycles. The molecule has 3 nitrogen and oxygen atoms in total. The van der Waals surface area contributed by atoms with Crippen LogP contribution in [0, 0.1) is 5.92 Å². The third-order valence-electron chi connectivity index (χ3n) is 3.56. The van der Waals surface area contributed by atoms with Gasteiger partial charge in [-0.25, -0.2) is 0 Å². The summed E-state index contributed by atoms with van der Waals surface area (Å²) in [6.45, 7) is 2.89. The molecule has 0 heterocycles. The number of carboxylic acids is 1. The van der Waals surface area contributed by atoms with Crippen LogP contribution < -0.4 is 5.32 Å². The maximum Gasteiger partial charge on any atom is 0.324 e. The Morgan fingerprint density at radius 2 is 2.38 bits per heavy atom. The van der Waals surface area contributed by atoms with E-state index in [1.54, 1.807) is 11.8 Å². The molecule has 94 valence electrons. The smallest absolute Gasteiger partial charge is 0.324 e. The molecule has 2 atom stereocenters. The Kier molecular flexibility index (Phi) is 5.62. The van der Waals surface area contributed by atoms with Crippen LogP contribution in [0.25, 0.3) is 0 Å². The summed E-state index contributed by atoms with van der Waals surface area (Å²) in [4.78, 5) is 11.5. The van der Waals surface area contributed by atoms with Crippen LogP contribution >= 0.6 is 11.8 Å². The minimum Gasteiger partial charge on any atom is -0.480 e. The van der Waals surface area contributed by atoms with Crippen LogP contribution in [0.3, 0.4) is 0 Å². The summed E-state index contributed by atoms with van der Waals surface area (Å²) in [6.07, 6.45) is 6.98. The monoisotopic (exact) mass is 245 g/mol. The number of carboxylic acid groups (broad SMARTS) is 1. The van der Waals surface area contributed by atoms with Crippen LogP contribution in [0.1, 0.15) is 39.0 Å². The fraction of sp³-hybridized carbons (Fsp3) is 0.917. The lowest BCUT2D eigenvalue weighted by Crippen LogP contribution is -2.55. The van der Waals surface area contributed by atoms with Crippen LogP contribution in [0.4, 0.5) is 0 Å². The van der Waals surface area contributed by atoms with E-state index in [2.05, 4.69) is 18.5 Å². The Morgan fingerprint density at radius 1 is 1.62 bits per heavy atom. The van der Waals surface area contributed by atoms with Crippen molar-refractivity contribution in [1.82, 2.24) is 5.32 Å². The molecule has 0 bridgehead atoms. The highest BCUT2D eigenvalue weighted by molar-refractivity contribution is 7.98. The third-order valence-corrected chi connectivity index (χ3v) is 4.21. The van der Waals surface area contributed by atoms with Crippen LogP contribution in [0.15, 0.2) is 0 Å². The Morgan fingerprint density at radius 3 is 2.94 bits per heavy atom. The Labute approximate surface area is 102 Å². The zero-order valence-electron chi connectivity index (χ0n) is 10.3. The Bertz CT molecular complexity index is 235.